The minimum Gasteiger partial charge on any atom is -0.306 e. The molecule has 18 heavy (non-hydrogen) atoms. The van der Waals surface area contributed by atoms with E-state index in [0.717, 1.165) is 27.2 Å². The van der Waals surface area contributed by atoms with Crippen LogP contribution in [0, 0.1) is 2.88 Å². The molecule has 2 rings (SSSR count). The molecule has 2 heterocycles. The first-order chi connectivity index (χ1) is 8.61. The second kappa shape index (κ2) is 6.90. The fourth-order valence-corrected chi connectivity index (χ4v) is 4.65. The highest BCUT2D eigenvalue weighted by atomic mass is 127. The van der Waals surface area contributed by atoms with Crippen LogP contribution in [-0.4, -0.2) is 6.54 Å². The minimum atomic E-state index is 0.140. The standard InChI is InChI=1S/C12H12Cl2INS2/c1-2-3-16-11(7-4-10(15)17-6-7)8-5-9(13)18-12(8)14/h4-6,11,16H,2-3H2,1H3. The molecule has 0 spiro atoms. The van der Waals surface area contributed by atoms with Gasteiger partial charge in [0.2, 0.25) is 0 Å². The van der Waals surface area contributed by atoms with Gasteiger partial charge in [-0.15, -0.1) is 22.7 Å². The van der Waals surface area contributed by atoms with Crippen LogP contribution in [0.2, 0.25) is 8.67 Å². The molecule has 0 saturated carbocycles. The fourth-order valence-electron chi connectivity index (χ4n) is 1.72. The van der Waals surface area contributed by atoms with E-state index >= 15 is 0 Å². The Morgan fingerprint density at radius 3 is 2.67 bits per heavy atom. The van der Waals surface area contributed by atoms with Gasteiger partial charge in [-0.1, -0.05) is 30.1 Å². The zero-order valence-electron chi connectivity index (χ0n) is 9.67. The molecule has 6 heteroatoms. The highest BCUT2D eigenvalue weighted by Crippen LogP contribution is 2.38. The first kappa shape index (κ1) is 15.1. The summed E-state index contributed by atoms with van der Waals surface area (Å²) in [7, 11) is 0. The normalized spacial score (nSPS) is 12.9. The van der Waals surface area contributed by atoms with Gasteiger partial charge in [-0.2, -0.15) is 0 Å². The van der Waals surface area contributed by atoms with Crippen molar-refractivity contribution >= 4 is 68.5 Å². The first-order valence-corrected chi connectivity index (χ1v) is 9.07. The molecular formula is C12H12Cl2INS2. The van der Waals surface area contributed by atoms with Gasteiger partial charge in [-0.3, -0.25) is 0 Å². The lowest BCUT2D eigenvalue weighted by atomic mass is 10.0. The van der Waals surface area contributed by atoms with E-state index < -0.39 is 0 Å². The summed E-state index contributed by atoms with van der Waals surface area (Å²) < 4.78 is 2.79. The van der Waals surface area contributed by atoms with Crippen molar-refractivity contribution in [2.75, 3.05) is 6.54 Å². The summed E-state index contributed by atoms with van der Waals surface area (Å²) in [6.45, 7) is 3.12. The Morgan fingerprint density at radius 1 is 1.39 bits per heavy atom. The second-order valence-corrected chi connectivity index (χ2v) is 8.94. The molecule has 0 fully saturated rings. The van der Waals surface area contributed by atoms with Crippen LogP contribution in [0.15, 0.2) is 17.5 Å². The Labute approximate surface area is 139 Å². The Balaban J connectivity index is 2.33. The molecule has 0 amide bonds. The molecule has 0 saturated heterocycles. The molecule has 0 aromatic carbocycles. The molecule has 1 atom stereocenters. The number of halogens is 3. The topological polar surface area (TPSA) is 12.0 Å². The number of thiophene rings is 2. The molecule has 0 bridgehead atoms. The van der Waals surface area contributed by atoms with E-state index in [2.05, 4.69) is 46.3 Å². The summed E-state index contributed by atoms with van der Waals surface area (Å²) in [4.78, 5) is 0. The van der Waals surface area contributed by atoms with Crippen LogP contribution in [-0.2, 0) is 0 Å². The number of hydrogen-bond donors (Lipinski definition) is 1. The van der Waals surface area contributed by atoms with Gasteiger partial charge in [0.25, 0.3) is 0 Å². The van der Waals surface area contributed by atoms with Crippen LogP contribution in [0.5, 0.6) is 0 Å². The minimum absolute atomic E-state index is 0.140. The fraction of sp³-hybridized carbons (Fsp3) is 0.333. The van der Waals surface area contributed by atoms with Gasteiger partial charge in [-0.05, 0) is 58.6 Å². The van der Waals surface area contributed by atoms with Crippen molar-refractivity contribution in [2.45, 2.75) is 19.4 Å². The van der Waals surface area contributed by atoms with Crippen molar-refractivity contribution < 1.29 is 0 Å². The maximum Gasteiger partial charge on any atom is 0.0995 e. The Kier molecular flexibility index (Phi) is 5.78. The predicted molar refractivity (Wildman–Crippen MR) is 91.5 cm³/mol. The molecule has 0 radical (unpaired) electrons. The smallest absolute Gasteiger partial charge is 0.0995 e. The third-order valence-electron chi connectivity index (χ3n) is 2.51. The molecule has 2 aromatic heterocycles. The summed E-state index contributed by atoms with van der Waals surface area (Å²) in [6, 6.07) is 4.30. The summed E-state index contributed by atoms with van der Waals surface area (Å²) in [5, 5.41) is 5.71. The third kappa shape index (κ3) is 3.61. The van der Waals surface area contributed by atoms with Gasteiger partial charge in [0.05, 0.1) is 17.6 Å². The van der Waals surface area contributed by atoms with Crippen LogP contribution in [0.4, 0.5) is 0 Å². The lowest BCUT2D eigenvalue weighted by Crippen LogP contribution is -2.22. The monoisotopic (exact) mass is 431 g/mol. The van der Waals surface area contributed by atoms with Crippen LogP contribution in [0.1, 0.15) is 30.5 Å². The molecule has 0 aliphatic carbocycles. The van der Waals surface area contributed by atoms with Gasteiger partial charge >= 0.3 is 0 Å². The molecule has 98 valence electrons. The van der Waals surface area contributed by atoms with Gasteiger partial charge in [0, 0.05) is 5.56 Å². The lowest BCUT2D eigenvalue weighted by molar-refractivity contribution is 0.601. The largest absolute Gasteiger partial charge is 0.306 e. The van der Waals surface area contributed by atoms with E-state index in [1.54, 1.807) is 11.3 Å². The highest BCUT2D eigenvalue weighted by Gasteiger charge is 2.20. The van der Waals surface area contributed by atoms with Crippen molar-refractivity contribution in [3.8, 4) is 0 Å². The molecule has 1 nitrogen and oxygen atoms in total. The average molecular weight is 432 g/mol. The summed E-state index contributed by atoms with van der Waals surface area (Å²) >= 11 is 17.8. The molecule has 1 N–H and O–H groups in total. The third-order valence-corrected chi connectivity index (χ3v) is 5.84. The zero-order valence-corrected chi connectivity index (χ0v) is 15.0. The number of hydrogen-bond acceptors (Lipinski definition) is 3. The summed E-state index contributed by atoms with van der Waals surface area (Å²) in [5.41, 5.74) is 2.34. The molecular weight excluding hydrogens is 420 g/mol. The van der Waals surface area contributed by atoms with Gasteiger partial charge in [0.15, 0.2) is 0 Å². The van der Waals surface area contributed by atoms with Crippen LogP contribution in [0.25, 0.3) is 0 Å². The number of nitrogens with one attached hydrogen (secondary N) is 1. The van der Waals surface area contributed by atoms with Crippen molar-refractivity contribution in [1.82, 2.24) is 5.32 Å². The van der Waals surface area contributed by atoms with Crippen molar-refractivity contribution in [3.63, 3.8) is 0 Å². The summed E-state index contributed by atoms with van der Waals surface area (Å²) in [5.74, 6) is 0. The van der Waals surface area contributed by atoms with E-state index in [1.807, 2.05) is 6.07 Å². The molecule has 1 unspecified atom stereocenters. The second-order valence-electron chi connectivity index (χ2n) is 3.85. The van der Waals surface area contributed by atoms with E-state index in [9.17, 15) is 0 Å². The number of rotatable bonds is 5. The molecule has 2 aromatic rings. The predicted octanol–water partition coefficient (Wildman–Crippen LogP) is 5.81. The van der Waals surface area contributed by atoms with E-state index in [0.29, 0.717) is 0 Å². The van der Waals surface area contributed by atoms with Crippen LogP contribution in [0.3, 0.4) is 0 Å². The van der Waals surface area contributed by atoms with Gasteiger partial charge < -0.3 is 5.32 Å². The van der Waals surface area contributed by atoms with Gasteiger partial charge in [0.1, 0.15) is 0 Å². The SMILES string of the molecule is CCCNC(c1csc(I)c1)c1cc(Cl)sc1Cl. The zero-order chi connectivity index (χ0) is 13.1. The van der Waals surface area contributed by atoms with Gasteiger partial charge in [-0.25, -0.2) is 0 Å². The summed E-state index contributed by atoms with van der Waals surface area (Å²) in [6.07, 6.45) is 1.09. The lowest BCUT2D eigenvalue weighted by Gasteiger charge is -2.17. The Morgan fingerprint density at radius 2 is 2.17 bits per heavy atom. The average Bonchev–Trinajstić information content (AvgIpc) is 2.87. The van der Waals surface area contributed by atoms with Crippen LogP contribution < -0.4 is 5.32 Å². The van der Waals surface area contributed by atoms with E-state index in [-0.39, 0.29) is 6.04 Å². The van der Waals surface area contributed by atoms with Crippen molar-refractivity contribution in [2.24, 2.45) is 0 Å². The van der Waals surface area contributed by atoms with E-state index in [4.69, 9.17) is 23.2 Å². The maximum atomic E-state index is 6.27. The highest BCUT2D eigenvalue weighted by molar-refractivity contribution is 14.1. The molecule has 0 aliphatic rings. The van der Waals surface area contributed by atoms with E-state index in [1.165, 1.54) is 19.8 Å². The Bertz CT molecular complexity index is 524. The molecule has 0 aliphatic heterocycles. The van der Waals surface area contributed by atoms with Crippen molar-refractivity contribution in [1.29, 1.82) is 0 Å². The first-order valence-electron chi connectivity index (χ1n) is 5.54. The van der Waals surface area contributed by atoms with Crippen LogP contribution >= 0.6 is 68.5 Å². The quantitative estimate of drug-likeness (QED) is 0.589. The van der Waals surface area contributed by atoms with Crippen molar-refractivity contribution in [3.05, 3.63) is 40.2 Å². The maximum absolute atomic E-state index is 6.27. The Hall–Kier alpha value is 0.670.